The second kappa shape index (κ2) is 5.64. The summed E-state index contributed by atoms with van der Waals surface area (Å²) in [4.78, 5) is 26.4. The molecule has 0 bridgehead atoms. The first kappa shape index (κ1) is 12.6. The summed E-state index contributed by atoms with van der Waals surface area (Å²) in [5, 5.41) is 0. The topological polar surface area (TPSA) is 66.6 Å². The first-order valence-corrected chi connectivity index (χ1v) is 5.99. The Balaban J connectivity index is 1.88. The number of nitrogens with two attached hydrogens (primary N) is 1. The monoisotopic (exact) mass is 247 g/mol. The van der Waals surface area contributed by atoms with Crippen molar-refractivity contribution in [2.75, 3.05) is 38.5 Å². The molecule has 1 aliphatic heterocycles. The molecular weight excluding hydrogens is 230 g/mol. The number of Topliss-reactive ketones (excluding diaryl/α,β-unsaturated/α-hetero) is 1. The predicted octanol–water partition coefficient (Wildman–Crippen LogP) is 0.226. The van der Waals surface area contributed by atoms with E-state index in [1.165, 1.54) is 0 Å². The molecule has 0 spiro atoms. The molecular formula is C13H17N3O2. The summed E-state index contributed by atoms with van der Waals surface area (Å²) in [5.41, 5.74) is 6.92. The van der Waals surface area contributed by atoms with Crippen molar-refractivity contribution in [3.05, 3.63) is 29.8 Å². The Morgan fingerprint density at radius 3 is 2.33 bits per heavy atom. The summed E-state index contributed by atoms with van der Waals surface area (Å²) in [5.74, 6) is 0.0922. The molecule has 1 aliphatic rings. The average molecular weight is 247 g/mol. The highest BCUT2D eigenvalue weighted by Crippen LogP contribution is 2.08. The lowest BCUT2D eigenvalue weighted by Gasteiger charge is -2.31. The number of nitrogens with zero attached hydrogens (tertiary/aromatic N) is 2. The third-order valence-electron chi connectivity index (χ3n) is 3.16. The molecule has 0 radical (unpaired) electrons. The van der Waals surface area contributed by atoms with E-state index < -0.39 is 0 Å². The number of hydrogen-bond donors (Lipinski definition) is 1. The molecule has 5 heteroatoms. The van der Waals surface area contributed by atoms with Crippen LogP contribution in [0.15, 0.2) is 24.3 Å². The maximum absolute atomic E-state index is 12.0. The van der Waals surface area contributed by atoms with Gasteiger partial charge in [-0.05, 0) is 24.3 Å². The van der Waals surface area contributed by atoms with E-state index in [2.05, 4.69) is 4.90 Å². The maximum atomic E-state index is 12.0. The average Bonchev–Trinajstić information content (AvgIpc) is 2.40. The fourth-order valence-corrected chi connectivity index (χ4v) is 1.99. The fourth-order valence-electron chi connectivity index (χ4n) is 1.99. The quantitative estimate of drug-likeness (QED) is 0.470. The lowest BCUT2D eigenvalue weighted by atomic mass is 10.1. The van der Waals surface area contributed by atoms with Crippen LogP contribution in [0.3, 0.4) is 0 Å². The minimum absolute atomic E-state index is 0.0922. The minimum Gasteiger partial charge on any atom is -0.399 e. The molecule has 96 valence electrons. The molecule has 1 heterocycles. The number of nitrogen functional groups attached to an aromatic ring is 1. The van der Waals surface area contributed by atoms with Crippen LogP contribution in [0.1, 0.15) is 10.4 Å². The van der Waals surface area contributed by atoms with Gasteiger partial charge in [0.05, 0.1) is 6.54 Å². The normalized spacial score (nSPS) is 16.6. The van der Waals surface area contributed by atoms with Crippen LogP contribution < -0.4 is 5.73 Å². The Morgan fingerprint density at radius 1 is 1.17 bits per heavy atom. The van der Waals surface area contributed by atoms with Crippen LogP contribution in [-0.2, 0) is 4.79 Å². The van der Waals surface area contributed by atoms with E-state index in [1.54, 1.807) is 29.2 Å². The summed E-state index contributed by atoms with van der Waals surface area (Å²) in [7, 11) is 0. The Labute approximate surface area is 106 Å². The third kappa shape index (κ3) is 3.07. The van der Waals surface area contributed by atoms with Gasteiger partial charge in [0.1, 0.15) is 0 Å². The molecule has 1 amide bonds. The molecule has 0 saturated carbocycles. The van der Waals surface area contributed by atoms with Crippen LogP contribution in [0.5, 0.6) is 0 Å². The van der Waals surface area contributed by atoms with E-state index in [0.29, 0.717) is 30.9 Å². The van der Waals surface area contributed by atoms with Gasteiger partial charge in [0, 0.05) is 37.4 Å². The number of anilines is 1. The van der Waals surface area contributed by atoms with Crippen LogP contribution in [0.2, 0.25) is 0 Å². The highest BCUT2D eigenvalue weighted by atomic mass is 16.1. The first-order chi connectivity index (χ1) is 8.69. The van der Waals surface area contributed by atoms with Crippen LogP contribution in [0, 0.1) is 0 Å². The summed E-state index contributed by atoms with van der Waals surface area (Å²) in [6.07, 6.45) is 0.860. The second-order valence-corrected chi connectivity index (χ2v) is 4.46. The van der Waals surface area contributed by atoms with Crippen LogP contribution in [0.4, 0.5) is 5.69 Å². The number of piperazine rings is 1. The molecule has 0 aromatic heterocycles. The molecule has 0 atom stereocenters. The first-order valence-electron chi connectivity index (χ1n) is 5.99. The fraction of sp³-hybridized carbons (Fsp3) is 0.385. The Morgan fingerprint density at radius 2 is 1.78 bits per heavy atom. The van der Waals surface area contributed by atoms with Gasteiger partial charge in [-0.15, -0.1) is 0 Å². The van der Waals surface area contributed by atoms with E-state index in [9.17, 15) is 9.59 Å². The smallest absolute Gasteiger partial charge is 0.209 e. The van der Waals surface area contributed by atoms with Gasteiger partial charge >= 0.3 is 0 Å². The molecule has 0 aliphatic carbocycles. The number of rotatable bonds is 4. The van der Waals surface area contributed by atoms with E-state index in [0.717, 1.165) is 19.5 Å². The summed E-state index contributed by atoms with van der Waals surface area (Å²) < 4.78 is 0. The van der Waals surface area contributed by atoms with Crippen LogP contribution in [-0.4, -0.2) is 54.7 Å². The second-order valence-electron chi connectivity index (χ2n) is 4.46. The van der Waals surface area contributed by atoms with Crippen LogP contribution in [0.25, 0.3) is 0 Å². The van der Waals surface area contributed by atoms with Gasteiger partial charge in [-0.2, -0.15) is 0 Å². The molecule has 18 heavy (non-hydrogen) atoms. The van der Waals surface area contributed by atoms with Crippen molar-refractivity contribution in [3.63, 3.8) is 0 Å². The zero-order valence-electron chi connectivity index (χ0n) is 10.2. The molecule has 5 nitrogen and oxygen atoms in total. The van der Waals surface area contributed by atoms with Crippen molar-refractivity contribution in [3.8, 4) is 0 Å². The number of carbonyl (C=O) groups is 2. The Hall–Kier alpha value is -1.88. The van der Waals surface area contributed by atoms with Crippen LogP contribution >= 0.6 is 0 Å². The van der Waals surface area contributed by atoms with Crippen molar-refractivity contribution in [2.45, 2.75) is 0 Å². The number of carbonyl (C=O) groups excluding carboxylic acids is 2. The number of hydrogen-bond acceptors (Lipinski definition) is 4. The van der Waals surface area contributed by atoms with Crippen molar-refractivity contribution in [1.29, 1.82) is 0 Å². The zero-order chi connectivity index (χ0) is 13.0. The highest BCUT2D eigenvalue weighted by Gasteiger charge is 2.18. The molecule has 1 aromatic carbocycles. The molecule has 1 fully saturated rings. The van der Waals surface area contributed by atoms with Crippen molar-refractivity contribution in [2.24, 2.45) is 0 Å². The maximum Gasteiger partial charge on any atom is 0.209 e. The summed E-state index contributed by atoms with van der Waals surface area (Å²) in [6, 6.07) is 6.97. The molecule has 2 N–H and O–H groups in total. The lowest BCUT2D eigenvalue weighted by molar-refractivity contribution is -0.119. The Bertz CT molecular complexity index is 422. The van der Waals surface area contributed by atoms with E-state index in [4.69, 9.17) is 5.73 Å². The van der Waals surface area contributed by atoms with Gasteiger partial charge in [0.15, 0.2) is 5.78 Å². The largest absolute Gasteiger partial charge is 0.399 e. The highest BCUT2D eigenvalue weighted by molar-refractivity contribution is 5.97. The summed E-state index contributed by atoms with van der Waals surface area (Å²) >= 11 is 0. The van der Waals surface area contributed by atoms with Gasteiger partial charge in [-0.3, -0.25) is 14.5 Å². The zero-order valence-corrected chi connectivity index (χ0v) is 10.2. The van der Waals surface area contributed by atoms with Crippen molar-refractivity contribution >= 4 is 17.9 Å². The number of ketones is 1. The number of benzene rings is 1. The van der Waals surface area contributed by atoms with Gasteiger partial charge < -0.3 is 10.6 Å². The molecule has 2 rings (SSSR count). The van der Waals surface area contributed by atoms with E-state index >= 15 is 0 Å². The third-order valence-corrected chi connectivity index (χ3v) is 3.16. The lowest BCUT2D eigenvalue weighted by Crippen LogP contribution is -2.47. The summed E-state index contributed by atoms with van der Waals surface area (Å²) in [6.45, 7) is 3.28. The van der Waals surface area contributed by atoms with E-state index in [-0.39, 0.29) is 5.78 Å². The molecule has 0 unspecified atom stereocenters. The van der Waals surface area contributed by atoms with Gasteiger partial charge in [0.25, 0.3) is 0 Å². The van der Waals surface area contributed by atoms with Gasteiger partial charge in [-0.1, -0.05) is 0 Å². The minimum atomic E-state index is 0.0922. The van der Waals surface area contributed by atoms with E-state index in [1.807, 2.05) is 0 Å². The van der Waals surface area contributed by atoms with Gasteiger partial charge in [-0.25, -0.2) is 0 Å². The molecule has 1 aromatic rings. The Kier molecular flexibility index (Phi) is 3.94. The SMILES string of the molecule is Nc1ccc(C(=O)CN2CCN(C=O)CC2)cc1. The van der Waals surface area contributed by atoms with Gasteiger partial charge in [0.2, 0.25) is 6.41 Å². The predicted molar refractivity (Wildman–Crippen MR) is 69.3 cm³/mol. The van der Waals surface area contributed by atoms with Crippen molar-refractivity contribution in [1.82, 2.24) is 9.80 Å². The molecule has 1 saturated heterocycles. The number of amides is 1. The van der Waals surface area contributed by atoms with Crippen molar-refractivity contribution < 1.29 is 9.59 Å². The standard InChI is InChI=1S/C13H17N3O2/c14-12-3-1-11(2-4-12)13(18)9-15-5-7-16(10-17)8-6-15/h1-4,10H,5-9,14H2.